The first-order valence-corrected chi connectivity index (χ1v) is 8.90. The van der Waals surface area contributed by atoms with Crippen LogP contribution in [0.25, 0.3) is 10.9 Å². The SMILES string of the molecule is Cc1cccc2c(=O)n(CCC(=O)NCCNc3ncccc3C#N)cnc12. The number of fused-ring (bicyclic) bond motifs is 1. The van der Waals surface area contributed by atoms with Gasteiger partial charge in [0.05, 0.1) is 22.8 Å². The Morgan fingerprint density at radius 3 is 2.89 bits per heavy atom. The predicted octanol–water partition coefficient (Wildman–Crippen LogP) is 1.59. The monoisotopic (exact) mass is 376 g/mol. The van der Waals surface area contributed by atoms with Crippen LogP contribution in [-0.2, 0) is 11.3 Å². The molecule has 28 heavy (non-hydrogen) atoms. The number of nitrogens with one attached hydrogen (secondary N) is 2. The highest BCUT2D eigenvalue weighted by Crippen LogP contribution is 2.11. The number of nitrogens with zero attached hydrogens (tertiary/aromatic N) is 4. The molecule has 0 saturated carbocycles. The van der Waals surface area contributed by atoms with E-state index in [1.165, 1.54) is 10.9 Å². The zero-order valence-corrected chi connectivity index (χ0v) is 15.5. The normalized spacial score (nSPS) is 10.4. The van der Waals surface area contributed by atoms with Crippen LogP contribution in [0.1, 0.15) is 17.5 Å². The molecule has 2 heterocycles. The Hall–Kier alpha value is -3.73. The fraction of sp³-hybridized carbons (Fsp3) is 0.250. The van der Waals surface area contributed by atoms with Crippen molar-refractivity contribution in [3.63, 3.8) is 0 Å². The zero-order chi connectivity index (χ0) is 19.9. The third-order valence-corrected chi connectivity index (χ3v) is 4.30. The van der Waals surface area contributed by atoms with E-state index in [4.69, 9.17) is 5.26 Å². The first kappa shape index (κ1) is 19.0. The Labute approximate surface area is 161 Å². The van der Waals surface area contributed by atoms with Crippen LogP contribution < -0.4 is 16.2 Å². The van der Waals surface area contributed by atoms with E-state index in [1.807, 2.05) is 19.1 Å². The minimum Gasteiger partial charge on any atom is -0.367 e. The molecule has 1 amide bonds. The van der Waals surface area contributed by atoms with E-state index < -0.39 is 0 Å². The number of rotatable bonds is 7. The topological polar surface area (TPSA) is 113 Å². The summed E-state index contributed by atoms with van der Waals surface area (Å²) in [6.45, 7) is 2.98. The molecule has 8 heteroatoms. The van der Waals surface area contributed by atoms with Gasteiger partial charge in [0.15, 0.2) is 0 Å². The molecule has 2 aromatic heterocycles. The van der Waals surface area contributed by atoms with Crippen LogP contribution in [0.2, 0.25) is 0 Å². The van der Waals surface area contributed by atoms with Gasteiger partial charge < -0.3 is 10.6 Å². The van der Waals surface area contributed by atoms with Crippen LogP contribution >= 0.6 is 0 Å². The van der Waals surface area contributed by atoms with Gasteiger partial charge in [-0.05, 0) is 30.7 Å². The van der Waals surface area contributed by atoms with Crippen LogP contribution in [0.5, 0.6) is 0 Å². The van der Waals surface area contributed by atoms with Crippen LogP contribution in [-0.4, -0.2) is 33.5 Å². The summed E-state index contributed by atoms with van der Waals surface area (Å²) in [5.74, 6) is 0.322. The molecule has 0 radical (unpaired) electrons. The number of nitriles is 1. The minimum atomic E-state index is -0.167. The van der Waals surface area contributed by atoms with Crippen molar-refractivity contribution in [2.24, 2.45) is 0 Å². The van der Waals surface area contributed by atoms with Crippen molar-refractivity contribution in [3.8, 4) is 6.07 Å². The van der Waals surface area contributed by atoms with E-state index in [2.05, 4.69) is 26.7 Å². The van der Waals surface area contributed by atoms with Crippen molar-refractivity contribution in [1.29, 1.82) is 5.26 Å². The van der Waals surface area contributed by atoms with Crippen molar-refractivity contribution in [2.75, 3.05) is 18.4 Å². The summed E-state index contributed by atoms with van der Waals surface area (Å²) in [4.78, 5) is 33.0. The molecule has 0 aliphatic carbocycles. The summed E-state index contributed by atoms with van der Waals surface area (Å²) in [6.07, 6.45) is 3.25. The maximum absolute atomic E-state index is 12.5. The molecule has 1 aromatic carbocycles. The second-order valence-electron chi connectivity index (χ2n) is 6.25. The highest BCUT2D eigenvalue weighted by molar-refractivity contribution is 5.80. The fourth-order valence-electron chi connectivity index (χ4n) is 2.83. The van der Waals surface area contributed by atoms with E-state index in [0.717, 1.165) is 5.56 Å². The number of aryl methyl sites for hydroxylation is 2. The van der Waals surface area contributed by atoms with Crippen LogP contribution in [0.3, 0.4) is 0 Å². The number of anilines is 1. The number of pyridine rings is 1. The van der Waals surface area contributed by atoms with Crippen molar-refractivity contribution < 1.29 is 4.79 Å². The van der Waals surface area contributed by atoms with Gasteiger partial charge in [0.25, 0.3) is 5.56 Å². The van der Waals surface area contributed by atoms with Crippen molar-refractivity contribution in [2.45, 2.75) is 19.9 Å². The molecule has 0 aliphatic rings. The Morgan fingerprint density at radius 1 is 1.21 bits per heavy atom. The third-order valence-electron chi connectivity index (χ3n) is 4.30. The van der Waals surface area contributed by atoms with Crippen LogP contribution in [0.15, 0.2) is 47.7 Å². The van der Waals surface area contributed by atoms with E-state index in [0.29, 0.717) is 35.4 Å². The number of hydrogen-bond acceptors (Lipinski definition) is 6. The highest BCUT2D eigenvalue weighted by atomic mass is 16.1. The Kier molecular flexibility index (Phi) is 5.97. The van der Waals surface area contributed by atoms with Gasteiger partial charge in [-0.15, -0.1) is 0 Å². The number of benzene rings is 1. The van der Waals surface area contributed by atoms with Crippen molar-refractivity contribution >= 4 is 22.6 Å². The zero-order valence-electron chi connectivity index (χ0n) is 15.5. The molecule has 2 N–H and O–H groups in total. The second-order valence-corrected chi connectivity index (χ2v) is 6.25. The van der Waals surface area contributed by atoms with Gasteiger partial charge in [0.1, 0.15) is 11.9 Å². The van der Waals surface area contributed by atoms with E-state index in [-0.39, 0.29) is 24.4 Å². The quantitative estimate of drug-likeness (QED) is 0.606. The molecule has 142 valence electrons. The first-order valence-electron chi connectivity index (χ1n) is 8.90. The summed E-state index contributed by atoms with van der Waals surface area (Å²) in [5.41, 5.74) is 1.93. The lowest BCUT2D eigenvalue weighted by Crippen LogP contribution is -2.31. The summed E-state index contributed by atoms with van der Waals surface area (Å²) >= 11 is 0. The average Bonchev–Trinajstić information content (AvgIpc) is 2.71. The summed E-state index contributed by atoms with van der Waals surface area (Å²) in [6, 6.07) is 10.9. The fourth-order valence-corrected chi connectivity index (χ4v) is 2.83. The molecule has 3 rings (SSSR count). The molecular weight excluding hydrogens is 356 g/mol. The molecule has 0 bridgehead atoms. The van der Waals surface area contributed by atoms with Crippen molar-refractivity contribution in [1.82, 2.24) is 19.9 Å². The number of carbonyl (C=O) groups is 1. The molecule has 0 saturated heterocycles. The molecule has 0 spiro atoms. The number of carbonyl (C=O) groups excluding carboxylic acids is 1. The lowest BCUT2D eigenvalue weighted by molar-refractivity contribution is -0.121. The lowest BCUT2D eigenvalue weighted by Gasteiger charge is -2.10. The van der Waals surface area contributed by atoms with Gasteiger partial charge in [-0.25, -0.2) is 9.97 Å². The van der Waals surface area contributed by atoms with Gasteiger partial charge in [0.2, 0.25) is 5.91 Å². The first-order chi connectivity index (χ1) is 13.6. The largest absolute Gasteiger partial charge is 0.367 e. The molecule has 3 aromatic rings. The molecule has 0 fully saturated rings. The molecule has 8 nitrogen and oxygen atoms in total. The summed E-state index contributed by atoms with van der Waals surface area (Å²) < 4.78 is 1.45. The van der Waals surface area contributed by atoms with Crippen molar-refractivity contribution in [3.05, 3.63) is 64.3 Å². The van der Waals surface area contributed by atoms with E-state index in [1.54, 1.807) is 24.4 Å². The number of aromatic nitrogens is 3. The summed E-state index contributed by atoms with van der Waals surface area (Å²) in [7, 11) is 0. The van der Waals surface area contributed by atoms with Gasteiger partial charge in [-0.3, -0.25) is 14.2 Å². The van der Waals surface area contributed by atoms with Gasteiger partial charge in [-0.2, -0.15) is 5.26 Å². The lowest BCUT2D eigenvalue weighted by atomic mass is 10.1. The maximum Gasteiger partial charge on any atom is 0.261 e. The van der Waals surface area contributed by atoms with E-state index in [9.17, 15) is 9.59 Å². The minimum absolute atomic E-state index is 0.151. The Morgan fingerprint density at radius 2 is 2.07 bits per heavy atom. The standard InChI is InChI=1S/C20H20N6O2/c1-14-4-2-6-16-18(14)25-13-26(20(16)28)11-7-17(27)22-9-10-24-19-15(12-21)5-3-8-23-19/h2-6,8,13H,7,9-11H2,1H3,(H,22,27)(H,23,24). The molecular formula is C20H20N6O2. The number of para-hydroxylation sites is 1. The number of amides is 1. The molecule has 0 aliphatic heterocycles. The molecule has 0 atom stereocenters. The summed E-state index contributed by atoms with van der Waals surface area (Å²) in [5, 5.41) is 15.4. The second kappa shape index (κ2) is 8.77. The van der Waals surface area contributed by atoms with Gasteiger partial charge >= 0.3 is 0 Å². The van der Waals surface area contributed by atoms with E-state index >= 15 is 0 Å². The van der Waals surface area contributed by atoms with Gasteiger partial charge in [-0.1, -0.05) is 12.1 Å². The Balaban J connectivity index is 1.50. The van der Waals surface area contributed by atoms with Crippen LogP contribution in [0, 0.1) is 18.3 Å². The van der Waals surface area contributed by atoms with Crippen LogP contribution in [0.4, 0.5) is 5.82 Å². The highest BCUT2D eigenvalue weighted by Gasteiger charge is 2.08. The Bertz CT molecular complexity index is 1100. The smallest absolute Gasteiger partial charge is 0.261 e. The maximum atomic E-state index is 12.5. The van der Waals surface area contributed by atoms with Gasteiger partial charge in [0, 0.05) is 32.3 Å². The third kappa shape index (κ3) is 4.32. The predicted molar refractivity (Wildman–Crippen MR) is 106 cm³/mol. The number of hydrogen-bond donors (Lipinski definition) is 2. The molecule has 0 unspecified atom stereocenters. The average molecular weight is 376 g/mol.